The minimum Gasteiger partial charge on any atom is -0.459 e. The van der Waals surface area contributed by atoms with E-state index in [-0.39, 0.29) is 6.61 Å². The van der Waals surface area contributed by atoms with Crippen molar-refractivity contribution in [2.45, 2.75) is 56.6 Å². The largest absolute Gasteiger partial charge is 0.459 e. The number of ether oxygens (including phenoxy) is 4. The summed E-state index contributed by atoms with van der Waals surface area (Å²) < 4.78 is 25.7. The van der Waals surface area contributed by atoms with Gasteiger partial charge in [-0.05, 0) is 48.7 Å². The molecule has 0 radical (unpaired) electrons. The Morgan fingerprint density at radius 2 is 1.25 bits per heavy atom. The number of benzene rings is 3. The number of hydrogen-bond acceptors (Lipinski definition) is 9. The minimum atomic E-state index is -1.13. The SMILES string of the molecule is O=C(OC[C@H]1O[C@@H](n2nncc2CC2CCCC2)[C@H](OC(=O)c2ccccc2)[C@@H]1OC(=O)c1ccccc1)c1ccccc1. The fraction of sp³-hybridized carbons (Fsp3) is 0.324. The van der Waals surface area contributed by atoms with E-state index >= 15 is 0 Å². The molecule has 1 aromatic heterocycles. The third-order valence-corrected chi connectivity index (χ3v) is 8.04. The lowest BCUT2D eigenvalue weighted by Crippen LogP contribution is -2.41. The standard InChI is InChI=1S/C34H33N3O7/c38-32(24-14-4-1-5-15-24)41-22-28-29(43-33(39)25-16-6-2-7-17-25)30(44-34(40)26-18-8-3-9-19-26)31(42-28)37-27(21-35-36-37)20-23-12-10-11-13-23/h1-9,14-19,21,23,28-31H,10-13,20,22H2/t28-,29-,30-,31-/m1/s1. The zero-order valence-corrected chi connectivity index (χ0v) is 24.1. The quantitative estimate of drug-likeness (QED) is 0.180. The highest BCUT2D eigenvalue weighted by atomic mass is 16.7. The Morgan fingerprint density at radius 1 is 0.727 bits per heavy atom. The predicted octanol–water partition coefficient (Wildman–Crippen LogP) is 5.22. The molecule has 4 atom stereocenters. The topological polar surface area (TPSA) is 119 Å². The van der Waals surface area contributed by atoms with E-state index in [2.05, 4.69) is 10.3 Å². The first-order valence-electron chi connectivity index (χ1n) is 14.9. The molecule has 0 N–H and O–H groups in total. The van der Waals surface area contributed by atoms with Gasteiger partial charge in [0.2, 0.25) is 0 Å². The monoisotopic (exact) mass is 595 g/mol. The molecule has 2 heterocycles. The van der Waals surface area contributed by atoms with Crippen molar-refractivity contribution < 1.29 is 33.3 Å². The Bertz CT molecular complexity index is 1560. The van der Waals surface area contributed by atoms with Crippen molar-refractivity contribution >= 4 is 17.9 Å². The average Bonchev–Trinajstić information content (AvgIpc) is 3.83. The van der Waals surface area contributed by atoms with E-state index in [9.17, 15) is 14.4 Å². The van der Waals surface area contributed by atoms with Crippen molar-refractivity contribution in [1.29, 1.82) is 0 Å². The van der Waals surface area contributed by atoms with Gasteiger partial charge < -0.3 is 18.9 Å². The molecule has 0 amide bonds. The fourth-order valence-corrected chi connectivity index (χ4v) is 5.79. The number of nitrogens with zero attached hydrogens (tertiary/aromatic N) is 3. The molecular weight excluding hydrogens is 562 g/mol. The summed E-state index contributed by atoms with van der Waals surface area (Å²) in [6.45, 7) is -0.261. The summed E-state index contributed by atoms with van der Waals surface area (Å²) in [6, 6.07) is 25.6. The molecule has 4 aromatic rings. The fourth-order valence-electron chi connectivity index (χ4n) is 5.79. The summed E-state index contributed by atoms with van der Waals surface area (Å²) in [4.78, 5) is 39.6. The number of rotatable bonds is 10. The van der Waals surface area contributed by atoms with Crippen LogP contribution in [0.3, 0.4) is 0 Å². The highest BCUT2D eigenvalue weighted by molar-refractivity contribution is 5.91. The molecule has 1 saturated carbocycles. The lowest BCUT2D eigenvalue weighted by Gasteiger charge is -2.25. The average molecular weight is 596 g/mol. The van der Waals surface area contributed by atoms with E-state index in [1.807, 2.05) is 0 Å². The van der Waals surface area contributed by atoms with Crippen LogP contribution in [0, 0.1) is 5.92 Å². The van der Waals surface area contributed by atoms with Gasteiger partial charge in [0, 0.05) is 0 Å². The summed E-state index contributed by atoms with van der Waals surface area (Å²) in [6.07, 6.45) is 2.77. The summed E-state index contributed by atoms with van der Waals surface area (Å²) >= 11 is 0. The van der Waals surface area contributed by atoms with Crippen LogP contribution in [0.1, 0.15) is 68.7 Å². The van der Waals surface area contributed by atoms with E-state index in [0.29, 0.717) is 22.6 Å². The second-order valence-electron chi connectivity index (χ2n) is 11.0. The molecule has 1 saturated heterocycles. The Hall–Kier alpha value is -4.83. The second kappa shape index (κ2) is 13.6. The molecule has 44 heavy (non-hydrogen) atoms. The maximum Gasteiger partial charge on any atom is 0.338 e. The van der Waals surface area contributed by atoms with E-state index in [1.165, 1.54) is 12.8 Å². The van der Waals surface area contributed by atoms with Gasteiger partial charge in [0.25, 0.3) is 0 Å². The van der Waals surface area contributed by atoms with Crippen LogP contribution < -0.4 is 0 Å². The third-order valence-electron chi connectivity index (χ3n) is 8.04. The molecule has 0 unspecified atom stereocenters. The maximum atomic E-state index is 13.4. The van der Waals surface area contributed by atoms with Crippen LogP contribution in [0.25, 0.3) is 0 Å². The Labute approximate surface area is 254 Å². The zero-order valence-electron chi connectivity index (χ0n) is 24.1. The molecule has 6 rings (SSSR count). The van der Waals surface area contributed by atoms with Crippen molar-refractivity contribution in [2.75, 3.05) is 6.61 Å². The van der Waals surface area contributed by atoms with Gasteiger partial charge in [-0.1, -0.05) is 85.5 Å². The van der Waals surface area contributed by atoms with Gasteiger partial charge in [0.15, 0.2) is 18.4 Å². The number of esters is 3. The summed E-state index contributed by atoms with van der Waals surface area (Å²) in [5.41, 5.74) is 1.81. The number of carbonyl (C=O) groups excluding carboxylic acids is 3. The molecular formula is C34H33N3O7. The lowest BCUT2D eigenvalue weighted by atomic mass is 10.0. The van der Waals surface area contributed by atoms with Crippen LogP contribution in [-0.2, 0) is 25.4 Å². The molecule has 2 fully saturated rings. The van der Waals surface area contributed by atoms with Crippen LogP contribution >= 0.6 is 0 Å². The number of carbonyl (C=O) groups is 3. The van der Waals surface area contributed by atoms with Crippen molar-refractivity contribution in [1.82, 2.24) is 15.0 Å². The van der Waals surface area contributed by atoms with Crippen LogP contribution in [0.4, 0.5) is 0 Å². The van der Waals surface area contributed by atoms with Crippen molar-refractivity contribution in [3.05, 3.63) is 120 Å². The van der Waals surface area contributed by atoms with Gasteiger partial charge in [0.1, 0.15) is 12.7 Å². The Kier molecular flexibility index (Phi) is 9.07. The second-order valence-corrected chi connectivity index (χ2v) is 11.0. The molecule has 1 aliphatic carbocycles. The van der Waals surface area contributed by atoms with Gasteiger partial charge in [-0.3, -0.25) is 0 Å². The van der Waals surface area contributed by atoms with Crippen LogP contribution in [0.2, 0.25) is 0 Å². The minimum absolute atomic E-state index is 0.261. The van der Waals surface area contributed by atoms with Gasteiger partial charge >= 0.3 is 17.9 Å². The van der Waals surface area contributed by atoms with E-state index in [4.69, 9.17) is 18.9 Å². The zero-order chi connectivity index (χ0) is 30.3. The Balaban J connectivity index is 1.32. The van der Waals surface area contributed by atoms with Crippen molar-refractivity contribution in [3.8, 4) is 0 Å². The van der Waals surface area contributed by atoms with Crippen LogP contribution in [-0.4, -0.2) is 57.8 Å². The molecule has 3 aromatic carbocycles. The first-order chi connectivity index (χ1) is 21.6. The molecule has 0 bridgehead atoms. The smallest absolute Gasteiger partial charge is 0.338 e. The number of hydrogen-bond donors (Lipinski definition) is 0. The van der Waals surface area contributed by atoms with Gasteiger partial charge in [-0.15, -0.1) is 5.10 Å². The predicted molar refractivity (Wildman–Crippen MR) is 158 cm³/mol. The Morgan fingerprint density at radius 3 is 1.82 bits per heavy atom. The molecule has 1 aliphatic heterocycles. The lowest BCUT2D eigenvalue weighted by molar-refractivity contribution is -0.0691. The first kappa shape index (κ1) is 29.3. The van der Waals surface area contributed by atoms with Gasteiger partial charge in [-0.2, -0.15) is 0 Å². The molecule has 0 spiro atoms. The number of aromatic nitrogens is 3. The summed E-state index contributed by atoms with van der Waals surface area (Å²) in [7, 11) is 0. The molecule has 10 heteroatoms. The summed E-state index contributed by atoms with van der Waals surface area (Å²) in [5.74, 6) is -1.34. The first-order valence-corrected chi connectivity index (χ1v) is 14.9. The third kappa shape index (κ3) is 6.70. The molecule has 2 aliphatic rings. The normalized spacial score (nSPS) is 21.5. The van der Waals surface area contributed by atoms with E-state index < -0.39 is 42.4 Å². The van der Waals surface area contributed by atoms with E-state index in [1.54, 1.807) is 102 Å². The van der Waals surface area contributed by atoms with E-state index in [0.717, 1.165) is 25.0 Å². The van der Waals surface area contributed by atoms with Gasteiger partial charge in [0.05, 0.1) is 28.6 Å². The van der Waals surface area contributed by atoms with Crippen LogP contribution in [0.15, 0.2) is 97.2 Å². The highest BCUT2D eigenvalue weighted by Crippen LogP contribution is 2.37. The van der Waals surface area contributed by atoms with Crippen molar-refractivity contribution in [2.24, 2.45) is 5.92 Å². The summed E-state index contributed by atoms with van der Waals surface area (Å²) in [5, 5.41) is 8.47. The van der Waals surface area contributed by atoms with Crippen LogP contribution in [0.5, 0.6) is 0 Å². The van der Waals surface area contributed by atoms with Crippen molar-refractivity contribution in [3.63, 3.8) is 0 Å². The maximum absolute atomic E-state index is 13.4. The van der Waals surface area contributed by atoms with Gasteiger partial charge in [-0.25, -0.2) is 19.1 Å². The highest BCUT2D eigenvalue weighted by Gasteiger charge is 2.52. The molecule has 10 nitrogen and oxygen atoms in total. The molecule has 226 valence electrons.